The molecule has 0 radical (unpaired) electrons. The second kappa shape index (κ2) is 5.81. The lowest BCUT2D eigenvalue weighted by Crippen LogP contribution is -2.16. The van der Waals surface area contributed by atoms with E-state index in [2.05, 4.69) is 0 Å². The van der Waals surface area contributed by atoms with E-state index >= 15 is 0 Å². The largest absolute Gasteiger partial charge is 0.466 e. The highest BCUT2D eigenvalue weighted by Crippen LogP contribution is 2.33. The minimum atomic E-state index is -0.508. The zero-order valence-electron chi connectivity index (χ0n) is 11.2. The van der Waals surface area contributed by atoms with Crippen LogP contribution < -0.4 is 0 Å². The van der Waals surface area contributed by atoms with Crippen molar-refractivity contribution in [1.82, 2.24) is 0 Å². The van der Waals surface area contributed by atoms with Crippen molar-refractivity contribution in [2.24, 2.45) is 0 Å². The number of ether oxygens (including phenoxy) is 1. The maximum atomic E-state index is 11.8. The molecule has 1 aliphatic carbocycles. The van der Waals surface area contributed by atoms with Crippen molar-refractivity contribution in [3.05, 3.63) is 38.9 Å². The van der Waals surface area contributed by atoms with Crippen molar-refractivity contribution < 1.29 is 19.2 Å². The van der Waals surface area contributed by atoms with Crippen molar-refractivity contribution in [3.8, 4) is 0 Å². The number of benzene rings is 1. The maximum Gasteiger partial charge on any atom is 0.310 e. The van der Waals surface area contributed by atoms with Crippen LogP contribution in [0, 0.1) is 10.1 Å². The fourth-order valence-corrected chi connectivity index (χ4v) is 2.50. The molecule has 0 spiro atoms. The molecule has 106 valence electrons. The van der Waals surface area contributed by atoms with E-state index < -0.39 is 10.9 Å². The van der Waals surface area contributed by atoms with Crippen LogP contribution in [-0.4, -0.2) is 23.3 Å². The number of nitro groups is 1. The van der Waals surface area contributed by atoms with Crippen LogP contribution in [0.25, 0.3) is 0 Å². The third-order valence-corrected chi connectivity index (χ3v) is 3.32. The number of ketones is 1. The van der Waals surface area contributed by atoms with Crippen molar-refractivity contribution in [3.63, 3.8) is 0 Å². The first kappa shape index (κ1) is 14.2. The summed E-state index contributed by atoms with van der Waals surface area (Å²) in [6.45, 7) is 1.91. The van der Waals surface area contributed by atoms with Crippen LogP contribution in [0.4, 0.5) is 5.69 Å². The zero-order valence-corrected chi connectivity index (χ0v) is 11.2. The lowest BCUT2D eigenvalue weighted by Gasteiger charge is -2.16. The van der Waals surface area contributed by atoms with Gasteiger partial charge in [0.15, 0.2) is 5.78 Å². The summed E-state index contributed by atoms with van der Waals surface area (Å²) in [5.41, 5.74) is 1.06. The van der Waals surface area contributed by atoms with Gasteiger partial charge in [-0.1, -0.05) is 12.1 Å². The Morgan fingerprint density at radius 3 is 2.80 bits per heavy atom. The predicted octanol–water partition coefficient (Wildman–Crippen LogP) is 2.22. The minimum absolute atomic E-state index is 0.0722. The quantitative estimate of drug-likeness (QED) is 0.478. The molecule has 1 aromatic rings. The Bertz CT molecular complexity index is 579. The summed E-state index contributed by atoms with van der Waals surface area (Å²) in [5, 5.41) is 11.3. The van der Waals surface area contributed by atoms with Gasteiger partial charge in [-0.2, -0.15) is 0 Å². The van der Waals surface area contributed by atoms with E-state index in [9.17, 15) is 19.7 Å². The molecule has 0 N–H and O–H groups in total. The van der Waals surface area contributed by atoms with Gasteiger partial charge in [0.2, 0.25) is 0 Å². The Hall–Kier alpha value is -2.24. The molecular weight excluding hydrogens is 262 g/mol. The number of nitrogens with zero attached hydrogens (tertiary/aromatic N) is 1. The average molecular weight is 277 g/mol. The number of esters is 1. The molecule has 1 aliphatic rings. The Balaban J connectivity index is 2.45. The lowest BCUT2D eigenvalue weighted by molar-refractivity contribution is -0.386. The van der Waals surface area contributed by atoms with Crippen LogP contribution in [0.1, 0.15) is 41.3 Å². The molecule has 0 unspecified atom stereocenters. The first-order valence-electron chi connectivity index (χ1n) is 6.52. The van der Waals surface area contributed by atoms with E-state index in [-0.39, 0.29) is 24.5 Å². The van der Waals surface area contributed by atoms with Crippen molar-refractivity contribution in [1.29, 1.82) is 0 Å². The second-order valence-electron chi connectivity index (χ2n) is 4.62. The summed E-state index contributed by atoms with van der Waals surface area (Å²) in [4.78, 5) is 34.1. The van der Waals surface area contributed by atoms with Crippen molar-refractivity contribution >= 4 is 17.4 Å². The van der Waals surface area contributed by atoms with E-state index in [0.717, 1.165) is 0 Å². The van der Waals surface area contributed by atoms with E-state index in [1.54, 1.807) is 13.0 Å². The number of carbonyl (C=O) groups excluding carboxylic acids is 2. The van der Waals surface area contributed by atoms with E-state index in [1.165, 1.54) is 6.07 Å². The van der Waals surface area contributed by atoms with Gasteiger partial charge in [-0.15, -0.1) is 0 Å². The van der Waals surface area contributed by atoms with Gasteiger partial charge in [0, 0.05) is 23.1 Å². The Kier molecular flexibility index (Phi) is 4.12. The molecule has 1 aromatic carbocycles. The average Bonchev–Trinajstić information content (AvgIpc) is 2.38. The number of carbonyl (C=O) groups is 2. The van der Waals surface area contributed by atoms with Gasteiger partial charge >= 0.3 is 5.97 Å². The van der Waals surface area contributed by atoms with Gasteiger partial charge in [-0.3, -0.25) is 19.7 Å². The fourth-order valence-electron chi connectivity index (χ4n) is 2.50. The van der Waals surface area contributed by atoms with Crippen LogP contribution in [-0.2, 0) is 22.4 Å². The molecular formula is C14H15NO5. The molecule has 20 heavy (non-hydrogen) atoms. The Morgan fingerprint density at radius 2 is 2.15 bits per heavy atom. The third kappa shape index (κ3) is 2.68. The summed E-state index contributed by atoms with van der Waals surface area (Å²) in [5.74, 6) is -0.574. The van der Waals surface area contributed by atoms with E-state index in [1.807, 2.05) is 0 Å². The highest BCUT2D eigenvalue weighted by Gasteiger charge is 2.29. The molecule has 0 heterocycles. The molecule has 6 heteroatoms. The molecule has 0 aliphatic heterocycles. The van der Waals surface area contributed by atoms with Gasteiger partial charge in [-0.05, 0) is 19.8 Å². The lowest BCUT2D eigenvalue weighted by atomic mass is 9.87. The summed E-state index contributed by atoms with van der Waals surface area (Å²) >= 11 is 0. The topological polar surface area (TPSA) is 86.5 Å². The number of Topliss-reactive ketones (excluding diaryl/α,β-unsaturated/α-hetero) is 1. The highest BCUT2D eigenvalue weighted by molar-refractivity contribution is 5.99. The van der Waals surface area contributed by atoms with Crippen LogP contribution in [0.2, 0.25) is 0 Å². The monoisotopic (exact) mass is 277 g/mol. The van der Waals surface area contributed by atoms with Gasteiger partial charge < -0.3 is 4.74 Å². The molecule has 0 bridgehead atoms. The van der Waals surface area contributed by atoms with Crippen LogP contribution in [0.15, 0.2) is 12.1 Å². The molecule has 0 atom stereocenters. The van der Waals surface area contributed by atoms with E-state index in [0.29, 0.717) is 36.0 Å². The molecule has 0 saturated heterocycles. The molecule has 0 fully saturated rings. The molecule has 2 rings (SSSR count). The Labute approximate surface area is 115 Å². The third-order valence-electron chi connectivity index (χ3n) is 3.32. The van der Waals surface area contributed by atoms with Gasteiger partial charge in [-0.25, -0.2) is 0 Å². The summed E-state index contributed by atoms with van der Waals surface area (Å²) in [6.07, 6.45) is 1.37. The predicted molar refractivity (Wildman–Crippen MR) is 70.7 cm³/mol. The van der Waals surface area contributed by atoms with Gasteiger partial charge in [0.05, 0.1) is 18.0 Å². The minimum Gasteiger partial charge on any atom is -0.466 e. The Morgan fingerprint density at radius 1 is 1.40 bits per heavy atom. The standard InChI is InChI=1S/C14H15NO5/c1-2-20-13(17)8-9-6-7-10-11(14(9)15(18)19)4-3-5-12(10)16/h6-7H,2-5,8H2,1H3. The van der Waals surface area contributed by atoms with Gasteiger partial charge in [0.25, 0.3) is 5.69 Å². The molecule has 0 amide bonds. The normalized spacial score (nSPS) is 13.8. The zero-order chi connectivity index (χ0) is 14.7. The summed E-state index contributed by atoms with van der Waals surface area (Å²) in [6, 6.07) is 3.06. The van der Waals surface area contributed by atoms with E-state index in [4.69, 9.17) is 4.74 Å². The highest BCUT2D eigenvalue weighted by atomic mass is 16.6. The van der Waals surface area contributed by atoms with Crippen LogP contribution >= 0.6 is 0 Å². The van der Waals surface area contributed by atoms with Crippen LogP contribution in [0.3, 0.4) is 0 Å². The van der Waals surface area contributed by atoms with Crippen LogP contribution in [0.5, 0.6) is 0 Å². The fraction of sp³-hybridized carbons (Fsp3) is 0.429. The smallest absolute Gasteiger partial charge is 0.310 e. The first-order valence-corrected chi connectivity index (χ1v) is 6.52. The summed E-state index contributed by atoms with van der Waals surface area (Å²) < 4.78 is 4.82. The maximum absolute atomic E-state index is 11.8. The number of hydrogen-bond acceptors (Lipinski definition) is 5. The molecule has 0 saturated carbocycles. The molecule has 6 nitrogen and oxygen atoms in total. The number of hydrogen-bond donors (Lipinski definition) is 0. The number of fused-ring (bicyclic) bond motifs is 1. The SMILES string of the molecule is CCOC(=O)Cc1ccc2c(c1[N+](=O)[O-])CCCC2=O. The molecule has 0 aromatic heterocycles. The number of rotatable bonds is 4. The van der Waals surface area contributed by atoms with Crippen molar-refractivity contribution in [2.45, 2.75) is 32.6 Å². The number of nitro benzene ring substituents is 1. The van der Waals surface area contributed by atoms with Crippen molar-refractivity contribution in [2.75, 3.05) is 6.61 Å². The summed E-state index contributed by atoms with van der Waals surface area (Å²) in [7, 11) is 0. The first-order chi connectivity index (χ1) is 9.54. The second-order valence-corrected chi connectivity index (χ2v) is 4.62. The van der Waals surface area contributed by atoms with Gasteiger partial charge in [0.1, 0.15) is 0 Å².